The highest BCUT2D eigenvalue weighted by Crippen LogP contribution is 2.25. The van der Waals surface area contributed by atoms with Crippen LogP contribution in [0.2, 0.25) is 0 Å². The summed E-state index contributed by atoms with van der Waals surface area (Å²) in [5.41, 5.74) is 2.12. The summed E-state index contributed by atoms with van der Waals surface area (Å²) >= 11 is 1.37. The van der Waals surface area contributed by atoms with Crippen molar-refractivity contribution in [2.75, 3.05) is 26.4 Å². The first-order valence-electron chi connectivity index (χ1n) is 9.15. The molecule has 8 heteroatoms. The molecule has 0 saturated heterocycles. The van der Waals surface area contributed by atoms with Gasteiger partial charge < -0.3 is 19.2 Å². The van der Waals surface area contributed by atoms with E-state index in [1.54, 1.807) is 6.26 Å². The van der Waals surface area contributed by atoms with Crippen LogP contribution in [0.3, 0.4) is 0 Å². The average molecular weight is 401 g/mol. The fourth-order valence-corrected chi connectivity index (χ4v) is 3.77. The largest absolute Gasteiger partial charge is 0.469 e. The van der Waals surface area contributed by atoms with E-state index in [0.717, 1.165) is 17.1 Å². The molecular formula is C20H26N5O2S+. The summed E-state index contributed by atoms with van der Waals surface area (Å²) < 4.78 is 7.22. The number of thioether (sulfide) groups is 1. The number of amides is 1. The van der Waals surface area contributed by atoms with E-state index in [-0.39, 0.29) is 11.9 Å². The number of nitrogens with one attached hydrogen (secondary N) is 2. The van der Waals surface area contributed by atoms with Crippen molar-refractivity contribution in [3.8, 4) is 11.4 Å². The molecule has 0 fully saturated rings. The van der Waals surface area contributed by atoms with Crippen LogP contribution in [0, 0.1) is 6.92 Å². The Balaban J connectivity index is 1.56. The molecule has 0 aliphatic carbocycles. The standard InChI is InChI=1S/C20H25N5O2S/c1-14-16(10-11-27-14)19-22-23-20(25(19)4)28-13-18(26)21-12-17(24(2)3)15-8-6-5-7-9-15/h5-11,17H,12-13H2,1-4H3,(H,21,26)/p+1/t17-/m0/s1. The predicted octanol–water partition coefficient (Wildman–Crippen LogP) is 1.48. The normalized spacial score (nSPS) is 12.3. The van der Waals surface area contributed by atoms with Crippen molar-refractivity contribution in [1.29, 1.82) is 0 Å². The average Bonchev–Trinajstić information content (AvgIpc) is 3.26. The minimum atomic E-state index is -0.0174. The number of quaternary nitrogens is 1. The monoisotopic (exact) mass is 400 g/mol. The van der Waals surface area contributed by atoms with Crippen molar-refractivity contribution in [3.05, 3.63) is 54.0 Å². The van der Waals surface area contributed by atoms with E-state index in [0.29, 0.717) is 17.5 Å². The third kappa shape index (κ3) is 4.63. The lowest BCUT2D eigenvalue weighted by atomic mass is 10.1. The highest BCUT2D eigenvalue weighted by atomic mass is 32.2. The summed E-state index contributed by atoms with van der Waals surface area (Å²) in [6.45, 7) is 2.48. The molecule has 0 spiro atoms. The van der Waals surface area contributed by atoms with Crippen molar-refractivity contribution in [2.24, 2.45) is 7.05 Å². The molecular weight excluding hydrogens is 374 g/mol. The van der Waals surface area contributed by atoms with Gasteiger partial charge >= 0.3 is 0 Å². The van der Waals surface area contributed by atoms with Gasteiger partial charge in [0.2, 0.25) is 5.91 Å². The first-order chi connectivity index (χ1) is 13.5. The van der Waals surface area contributed by atoms with Crippen LogP contribution in [0.5, 0.6) is 0 Å². The molecule has 0 radical (unpaired) electrons. The zero-order chi connectivity index (χ0) is 20.1. The number of hydrogen-bond acceptors (Lipinski definition) is 5. The van der Waals surface area contributed by atoms with E-state index in [2.05, 4.69) is 41.7 Å². The van der Waals surface area contributed by atoms with Gasteiger partial charge in [-0.15, -0.1) is 10.2 Å². The van der Waals surface area contributed by atoms with Crippen molar-refractivity contribution < 1.29 is 14.1 Å². The number of aryl methyl sites for hydroxylation is 1. The molecule has 1 amide bonds. The van der Waals surface area contributed by atoms with Gasteiger partial charge in [0.25, 0.3) is 0 Å². The maximum absolute atomic E-state index is 12.4. The third-order valence-corrected chi connectivity index (χ3v) is 5.69. The van der Waals surface area contributed by atoms with Gasteiger partial charge in [0.1, 0.15) is 11.8 Å². The second kappa shape index (κ2) is 9.07. The van der Waals surface area contributed by atoms with E-state index in [1.807, 2.05) is 42.8 Å². The molecule has 0 unspecified atom stereocenters. The molecule has 0 saturated carbocycles. The van der Waals surface area contributed by atoms with Gasteiger partial charge in [-0.3, -0.25) is 4.79 Å². The fourth-order valence-electron chi connectivity index (χ4n) is 3.03. The minimum Gasteiger partial charge on any atom is -0.469 e. The smallest absolute Gasteiger partial charge is 0.230 e. The molecule has 1 aromatic carbocycles. The lowest BCUT2D eigenvalue weighted by Crippen LogP contribution is -3.07. The van der Waals surface area contributed by atoms with Crippen LogP contribution in [0.15, 0.2) is 52.2 Å². The van der Waals surface area contributed by atoms with Crippen LogP contribution < -0.4 is 10.2 Å². The van der Waals surface area contributed by atoms with Gasteiger partial charge in [-0.05, 0) is 13.0 Å². The Morgan fingerprint density at radius 1 is 1.25 bits per heavy atom. The number of carbonyl (C=O) groups excluding carboxylic acids is 1. The van der Waals surface area contributed by atoms with Crippen molar-refractivity contribution in [2.45, 2.75) is 18.1 Å². The van der Waals surface area contributed by atoms with Crippen molar-refractivity contribution in [1.82, 2.24) is 20.1 Å². The molecule has 148 valence electrons. The quantitative estimate of drug-likeness (QED) is 0.560. The lowest BCUT2D eigenvalue weighted by molar-refractivity contribution is -0.890. The maximum atomic E-state index is 12.4. The molecule has 0 aliphatic rings. The number of likely N-dealkylation sites (N-methyl/N-ethyl adjacent to an activating group) is 1. The topological polar surface area (TPSA) is 77.4 Å². The molecule has 3 aromatic rings. The molecule has 2 aromatic heterocycles. The summed E-state index contributed by atoms with van der Waals surface area (Å²) in [5, 5.41) is 12.2. The van der Waals surface area contributed by atoms with Crippen LogP contribution in [-0.2, 0) is 11.8 Å². The van der Waals surface area contributed by atoms with Gasteiger partial charge in [0.15, 0.2) is 11.0 Å². The summed E-state index contributed by atoms with van der Waals surface area (Å²) in [6.07, 6.45) is 1.63. The molecule has 0 bridgehead atoms. The van der Waals surface area contributed by atoms with E-state index in [9.17, 15) is 4.79 Å². The Labute approximate surface area is 169 Å². The molecule has 28 heavy (non-hydrogen) atoms. The molecule has 0 aliphatic heterocycles. The fraction of sp³-hybridized carbons (Fsp3) is 0.350. The molecule has 2 N–H and O–H groups in total. The number of rotatable bonds is 8. The predicted molar refractivity (Wildman–Crippen MR) is 109 cm³/mol. The summed E-state index contributed by atoms with van der Waals surface area (Å²) in [6, 6.07) is 12.3. The number of carbonyl (C=O) groups is 1. The maximum Gasteiger partial charge on any atom is 0.230 e. The summed E-state index contributed by atoms with van der Waals surface area (Å²) in [5.74, 6) is 1.80. The number of nitrogens with zero attached hydrogens (tertiary/aromatic N) is 3. The Morgan fingerprint density at radius 2 is 2.00 bits per heavy atom. The van der Waals surface area contributed by atoms with Gasteiger partial charge in [-0.25, -0.2) is 0 Å². The second-order valence-corrected chi connectivity index (χ2v) is 7.83. The van der Waals surface area contributed by atoms with Crippen LogP contribution in [-0.4, -0.2) is 47.1 Å². The first kappa shape index (κ1) is 20.2. The highest BCUT2D eigenvalue weighted by molar-refractivity contribution is 7.99. The van der Waals surface area contributed by atoms with Crippen LogP contribution in [0.1, 0.15) is 17.4 Å². The molecule has 7 nitrogen and oxygen atoms in total. The zero-order valence-corrected chi connectivity index (χ0v) is 17.4. The first-order valence-corrected chi connectivity index (χ1v) is 10.1. The SMILES string of the molecule is Cc1occc1-c1nnc(SCC(=O)NC[C@@H](c2ccccc2)[NH+](C)C)n1C. The van der Waals surface area contributed by atoms with Gasteiger partial charge in [0.05, 0.1) is 38.2 Å². The molecule has 2 heterocycles. The van der Waals surface area contributed by atoms with Crippen LogP contribution >= 0.6 is 11.8 Å². The van der Waals surface area contributed by atoms with E-state index in [1.165, 1.54) is 22.2 Å². The third-order valence-electron chi connectivity index (χ3n) is 4.67. The number of hydrogen-bond donors (Lipinski definition) is 2. The van der Waals surface area contributed by atoms with Crippen molar-refractivity contribution >= 4 is 17.7 Å². The number of furan rings is 1. The second-order valence-electron chi connectivity index (χ2n) is 6.89. The van der Waals surface area contributed by atoms with Crippen molar-refractivity contribution in [3.63, 3.8) is 0 Å². The highest BCUT2D eigenvalue weighted by Gasteiger charge is 2.19. The Kier molecular flexibility index (Phi) is 6.53. The van der Waals surface area contributed by atoms with E-state index >= 15 is 0 Å². The van der Waals surface area contributed by atoms with Gasteiger partial charge in [0, 0.05) is 12.6 Å². The lowest BCUT2D eigenvalue weighted by Gasteiger charge is -2.22. The summed E-state index contributed by atoms with van der Waals surface area (Å²) in [7, 11) is 6.08. The number of benzene rings is 1. The minimum absolute atomic E-state index is 0.0174. The molecule has 3 rings (SSSR count). The Bertz CT molecular complexity index is 920. The zero-order valence-electron chi connectivity index (χ0n) is 16.6. The Hall–Kier alpha value is -2.58. The summed E-state index contributed by atoms with van der Waals surface area (Å²) in [4.78, 5) is 13.6. The van der Waals surface area contributed by atoms with Gasteiger partial charge in [-0.2, -0.15) is 0 Å². The van der Waals surface area contributed by atoms with Gasteiger partial charge in [-0.1, -0.05) is 42.1 Å². The van der Waals surface area contributed by atoms with E-state index < -0.39 is 0 Å². The van der Waals surface area contributed by atoms with E-state index in [4.69, 9.17) is 4.42 Å². The van der Waals surface area contributed by atoms with Crippen LogP contribution in [0.4, 0.5) is 0 Å². The Morgan fingerprint density at radius 3 is 2.64 bits per heavy atom. The van der Waals surface area contributed by atoms with Crippen LogP contribution in [0.25, 0.3) is 11.4 Å². The number of aromatic nitrogens is 3. The molecule has 1 atom stereocenters.